The van der Waals surface area contributed by atoms with Crippen molar-refractivity contribution in [1.82, 2.24) is 0 Å². The van der Waals surface area contributed by atoms with Crippen LogP contribution < -0.4 is 0 Å². The second-order valence-corrected chi connectivity index (χ2v) is 4.06. The van der Waals surface area contributed by atoms with Gasteiger partial charge in [0.1, 0.15) is 6.29 Å². The molecule has 0 bridgehead atoms. The Morgan fingerprint density at radius 3 is 2.92 bits per heavy atom. The van der Waals surface area contributed by atoms with Crippen molar-refractivity contribution in [2.24, 2.45) is 0 Å². The lowest BCUT2D eigenvalue weighted by Crippen LogP contribution is -1.75. The largest absolute Gasteiger partial charge is 0.298 e. The van der Waals surface area contributed by atoms with Crippen LogP contribution in [0.4, 0.5) is 0 Å². The summed E-state index contributed by atoms with van der Waals surface area (Å²) in [6.07, 6.45) is 0.881. The fraction of sp³-hybridized carbons (Fsp3) is 0.100. The Morgan fingerprint density at radius 2 is 2.17 bits per heavy atom. The average Bonchev–Trinajstić information content (AvgIpc) is 2.43. The summed E-state index contributed by atoms with van der Waals surface area (Å²) in [4.78, 5) is 11.7. The molecule has 0 saturated heterocycles. The zero-order valence-electron chi connectivity index (χ0n) is 6.70. The van der Waals surface area contributed by atoms with Crippen LogP contribution in [0.25, 0.3) is 10.1 Å². The summed E-state index contributed by atoms with van der Waals surface area (Å²) in [6.45, 7) is 2.07. The fourth-order valence-electron chi connectivity index (χ4n) is 1.27. The molecule has 0 aliphatic carbocycles. The highest BCUT2D eigenvalue weighted by Gasteiger charge is 1.98. The molecule has 0 radical (unpaired) electrons. The van der Waals surface area contributed by atoms with Gasteiger partial charge in [-0.3, -0.25) is 4.79 Å². The van der Waals surface area contributed by atoms with Gasteiger partial charge in [-0.15, -0.1) is 11.3 Å². The fourth-order valence-corrected chi connectivity index (χ4v) is 2.17. The summed E-state index contributed by atoms with van der Waals surface area (Å²) in [7, 11) is 0. The summed E-state index contributed by atoms with van der Waals surface area (Å²) in [5.41, 5.74) is 0.750. The molecule has 2 heteroatoms. The van der Waals surface area contributed by atoms with E-state index in [9.17, 15) is 4.79 Å². The normalized spacial score (nSPS) is 10.4. The molecular formula is C10H8OS. The number of aryl methyl sites for hydroxylation is 1. The molecular weight excluding hydrogens is 168 g/mol. The first kappa shape index (κ1) is 7.50. The molecule has 0 aliphatic rings. The number of aldehydes is 1. The number of hydrogen-bond acceptors (Lipinski definition) is 2. The van der Waals surface area contributed by atoms with Crippen molar-refractivity contribution in [3.05, 3.63) is 34.7 Å². The Bertz CT molecular complexity index is 428. The number of thiophene rings is 1. The highest BCUT2D eigenvalue weighted by Crippen LogP contribution is 2.25. The Labute approximate surface area is 74.6 Å². The molecule has 0 fully saturated rings. The summed E-state index contributed by atoms with van der Waals surface area (Å²) in [6, 6.07) is 7.88. The van der Waals surface area contributed by atoms with E-state index in [1.807, 2.05) is 18.2 Å². The number of fused-ring (bicyclic) bond motifs is 1. The summed E-state index contributed by atoms with van der Waals surface area (Å²) in [5.74, 6) is 0. The minimum absolute atomic E-state index is 0.750. The van der Waals surface area contributed by atoms with Crippen LogP contribution >= 0.6 is 11.3 Å². The van der Waals surface area contributed by atoms with Crippen molar-refractivity contribution in [3.8, 4) is 0 Å². The topological polar surface area (TPSA) is 17.1 Å². The van der Waals surface area contributed by atoms with Crippen LogP contribution in [0, 0.1) is 6.92 Å². The van der Waals surface area contributed by atoms with Crippen LogP contribution in [0.15, 0.2) is 24.3 Å². The maximum Gasteiger partial charge on any atom is 0.150 e. The SMILES string of the molecule is Cc1cc2cc(C=O)ccc2s1. The lowest BCUT2D eigenvalue weighted by Gasteiger charge is -1.89. The van der Waals surface area contributed by atoms with Crippen molar-refractivity contribution < 1.29 is 4.79 Å². The molecule has 12 heavy (non-hydrogen) atoms. The second kappa shape index (κ2) is 2.72. The first-order chi connectivity index (χ1) is 5.79. The van der Waals surface area contributed by atoms with Crippen molar-refractivity contribution in [3.63, 3.8) is 0 Å². The second-order valence-electron chi connectivity index (χ2n) is 2.77. The van der Waals surface area contributed by atoms with E-state index in [1.54, 1.807) is 11.3 Å². The van der Waals surface area contributed by atoms with Crippen LogP contribution in [0.3, 0.4) is 0 Å². The molecule has 0 spiro atoms. The number of carbonyl (C=O) groups is 1. The zero-order valence-corrected chi connectivity index (χ0v) is 7.52. The van der Waals surface area contributed by atoms with Gasteiger partial charge >= 0.3 is 0 Å². The average molecular weight is 176 g/mol. The quantitative estimate of drug-likeness (QED) is 0.610. The molecule has 0 saturated carbocycles. The van der Waals surface area contributed by atoms with Gasteiger partial charge in [-0.1, -0.05) is 6.07 Å². The van der Waals surface area contributed by atoms with Crippen LogP contribution in [0.1, 0.15) is 15.2 Å². The van der Waals surface area contributed by atoms with Crippen LogP contribution in [0.5, 0.6) is 0 Å². The predicted octanol–water partition coefficient (Wildman–Crippen LogP) is 3.02. The molecule has 0 N–H and O–H groups in total. The van der Waals surface area contributed by atoms with E-state index in [4.69, 9.17) is 0 Å². The van der Waals surface area contributed by atoms with Gasteiger partial charge in [0, 0.05) is 15.1 Å². The minimum Gasteiger partial charge on any atom is -0.298 e. The van der Waals surface area contributed by atoms with Crippen molar-refractivity contribution in [1.29, 1.82) is 0 Å². The third-order valence-corrected chi connectivity index (χ3v) is 2.83. The summed E-state index contributed by atoms with van der Waals surface area (Å²) < 4.78 is 1.25. The molecule has 0 atom stereocenters. The smallest absolute Gasteiger partial charge is 0.150 e. The van der Waals surface area contributed by atoms with Gasteiger partial charge < -0.3 is 0 Å². The van der Waals surface area contributed by atoms with Gasteiger partial charge in [0.2, 0.25) is 0 Å². The summed E-state index contributed by atoms with van der Waals surface area (Å²) >= 11 is 1.76. The molecule has 60 valence electrons. The third kappa shape index (κ3) is 1.14. The van der Waals surface area contributed by atoms with E-state index in [1.165, 1.54) is 15.0 Å². The number of hydrogen-bond donors (Lipinski definition) is 0. The maximum absolute atomic E-state index is 10.5. The van der Waals surface area contributed by atoms with Gasteiger partial charge in [-0.25, -0.2) is 0 Å². The van der Waals surface area contributed by atoms with E-state index in [0.29, 0.717) is 0 Å². The zero-order chi connectivity index (χ0) is 8.55. The summed E-state index contributed by atoms with van der Waals surface area (Å²) in [5, 5.41) is 1.17. The Kier molecular flexibility index (Phi) is 1.70. The monoisotopic (exact) mass is 176 g/mol. The first-order valence-electron chi connectivity index (χ1n) is 3.75. The molecule has 1 aromatic carbocycles. The van der Waals surface area contributed by atoms with Crippen molar-refractivity contribution in [2.75, 3.05) is 0 Å². The molecule has 2 rings (SSSR count). The van der Waals surface area contributed by atoms with Gasteiger partial charge in [0.25, 0.3) is 0 Å². The van der Waals surface area contributed by atoms with E-state index in [-0.39, 0.29) is 0 Å². The lowest BCUT2D eigenvalue weighted by molar-refractivity contribution is 0.112. The minimum atomic E-state index is 0.750. The van der Waals surface area contributed by atoms with E-state index in [0.717, 1.165) is 11.8 Å². The van der Waals surface area contributed by atoms with E-state index in [2.05, 4.69) is 13.0 Å². The Hall–Kier alpha value is -1.15. The molecule has 1 heterocycles. The van der Waals surface area contributed by atoms with Gasteiger partial charge in [0.15, 0.2) is 0 Å². The van der Waals surface area contributed by atoms with Crippen LogP contribution in [-0.4, -0.2) is 6.29 Å². The molecule has 1 nitrogen and oxygen atoms in total. The number of benzene rings is 1. The molecule has 0 unspecified atom stereocenters. The first-order valence-corrected chi connectivity index (χ1v) is 4.56. The lowest BCUT2D eigenvalue weighted by atomic mass is 10.2. The van der Waals surface area contributed by atoms with Crippen LogP contribution in [-0.2, 0) is 0 Å². The standard InChI is InChI=1S/C10H8OS/c1-7-4-9-5-8(6-11)2-3-10(9)12-7/h2-6H,1H3. The van der Waals surface area contributed by atoms with Crippen LogP contribution in [0.2, 0.25) is 0 Å². The number of rotatable bonds is 1. The molecule has 1 aromatic heterocycles. The highest BCUT2D eigenvalue weighted by molar-refractivity contribution is 7.19. The highest BCUT2D eigenvalue weighted by atomic mass is 32.1. The molecule has 2 aromatic rings. The van der Waals surface area contributed by atoms with E-state index < -0.39 is 0 Å². The molecule has 0 amide bonds. The van der Waals surface area contributed by atoms with E-state index >= 15 is 0 Å². The van der Waals surface area contributed by atoms with Gasteiger partial charge in [-0.2, -0.15) is 0 Å². The van der Waals surface area contributed by atoms with Gasteiger partial charge in [-0.05, 0) is 30.5 Å². The Morgan fingerprint density at radius 1 is 1.33 bits per heavy atom. The Balaban J connectivity index is 2.74. The van der Waals surface area contributed by atoms with Crippen molar-refractivity contribution >= 4 is 27.7 Å². The number of carbonyl (C=O) groups excluding carboxylic acids is 1. The van der Waals surface area contributed by atoms with Gasteiger partial charge in [0.05, 0.1) is 0 Å². The third-order valence-electron chi connectivity index (χ3n) is 1.80. The van der Waals surface area contributed by atoms with Crippen molar-refractivity contribution in [2.45, 2.75) is 6.92 Å². The molecule has 0 aliphatic heterocycles. The predicted molar refractivity (Wildman–Crippen MR) is 51.9 cm³/mol. The maximum atomic E-state index is 10.5.